The minimum atomic E-state index is -3.62. The number of rotatable bonds is 8. The van der Waals surface area contributed by atoms with E-state index in [0.29, 0.717) is 38.7 Å². The van der Waals surface area contributed by atoms with Crippen LogP contribution in [0.4, 0.5) is 0 Å². The normalized spacial score (nSPS) is 19.8. The van der Waals surface area contributed by atoms with Crippen LogP contribution in [0.1, 0.15) is 18.6 Å². The number of furan rings is 1. The minimum absolute atomic E-state index is 0.0587. The van der Waals surface area contributed by atoms with Crippen molar-refractivity contribution in [1.29, 1.82) is 0 Å². The van der Waals surface area contributed by atoms with Crippen molar-refractivity contribution in [3.63, 3.8) is 0 Å². The van der Waals surface area contributed by atoms with Crippen molar-refractivity contribution in [3.8, 4) is 0 Å². The molecule has 0 aromatic carbocycles. The number of hydrogen-bond acceptors (Lipinski definition) is 6. The highest BCUT2D eigenvalue weighted by molar-refractivity contribution is 7.89. The monoisotopic (exact) mass is 318 g/mol. The maximum atomic E-state index is 12.2. The largest absolute Gasteiger partial charge is 0.447 e. The highest BCUT2D eigenvalue weighted by atomic mass is 32.2. The first kappa shape index (κ1) is 16.4. The highest BCUT2D eigenvalue weighted by Gasteiger charge is 2.24. The Hall–Kier alpha value is -0.930. The Labute approximate surface area is 125 Å². The summed E-state index contributed by atoms with van der Waals surface area (Å²) in [4.78, 5) is 0. The van der Waals surface area contributed by atoms with Crippen molar-refractivity contribution in [2.24, 2.45) is 0 Å². The van der Waals surface area contributed by atoms with Gasteiger partial charge in [0.25, 0.3) is 10.0 Å². The number of hydrogen-bond donors (Lipinski definition) is 2. The number of sulfonamides is 1. The van der Waals surface area contributed by atoms with Gasteiger partial charge in [-0.25, -0.2) is 13.1 Å². The Morgan fingerprint density at radius 3 is 3.00 bits per heavy atom. The van der Waals surface area contributed by atoms with Crippen LogP contribution in [0.5, 0.6) is 0 Å². The Morgan fingerprint density at radius 2 is 2.29 bits per heavy atom. The van der Waals surface area contributed by atoms with E-state index in [0.717, 1.165) is 12.8 Å². The molecule has 2 N–H and O–H groups in total. The van der Waals surface area contributed by atoms with Crippen LogP contribution < -0.4 is 10.0 Å². The predicted octanol–water partition coefficient (Wildman–Crippen LogP) is 0.473. The lowest BCUT2D eigenvalue weighted by molar-refractivity contribution is 0.0773. The van der Waals surface area contributed by atoms with Crippen molar-refractivity contribution in [2.45, 2.75) is 30.5 Å². The van der Waals surface area contributed by atoms with Crippen LogP contribution >= 0.6 is 0 Å². The molecular formula is C13H22N2O5S. The summed E-state index contributed by atoms with van der Waals surface area (Å²) < 4.78 is 42.5. The summed E-state index contributed by atoms with van der Waals surface area (Å²) in [6.45, 7) is 2.83. The van der Waals surface area contributed by atoms with Gasteiger partial charge in [0.1, 0.15) is 5.76 Å². The fraction of sp³-hybridized carbons (Fsp3) is 0.692. The Bertz CT molecular complexity index is 522. The van der Waals surface area contributed by atoms with Crippen LogP contribution in [0, 0.1) is 0 Å². The first-order valence-corrected chi connectivity index (χ1v) is 8.48. The molecule has 120 valence electrons. The summed E-state index contributed by atoms with van der Waals surface area (Å²) in [5.74, 6) is 0.575. The summed E-state index contributed by atoms with van der Waals surface area (Å²) in [6, 6.07) is 2.95. The van der Waals surface area contributed by atoms with E-state index in [4.69, 9.17) is 13.9 Å². The molecule has 1 fully saturated rings. The first-order chi connectivity index (χ1) is 10.1. The Kier molecular flexibility index (Phi) is 6.19. The van der Waals surface area contributed by atoms with Crippen LogP contribution in [0.15, 0.2) is 21.6 Å². The molecule has 1 aromatic heterocycles. The molecule has 1 aliphatic rings. The lowest BCUT2D eigenvalue weighted by Crippen LogP contribution is -2.40. The van der Waals surface area contributed by atoms with Gasteiger partial charge >= 0.3 is 0 Å². The van der Waals surface area contributed by atoms with E-state index in [1.165, 1.54) is 6.07 Å². The highest BCUT2D eigenvalue weighted by Crippen LogP contribution is 2.16. The molecule has 0 spiro atoms. The fourth-order valence-electron chi connectivity index (χ4n) is 2.09. The average molecular weight is 318 g/mol. The van der Waals surface area contributed by atoms with Crippen molar-refractivity contribution in [1.82, 2.24) is 10.0 Å². The maximum absolute atomic E-state index is 12.2. The van der Waals surface area contributed by atoms with Gasteiger partial charge in [-0.15, -0.1) is 0 Å². The van der Waals surface area contributed by atoms with Crippen LogP contribution in [-0.4, -0.2) is 47.9 Å². The summed E-state index contributed by atoms with van der Waals surface area (Å²) in [5.41, 5.74) is 0. The van der Waals surface area contributed by atoms with Gasteiger partial charge in [-0.05, 0) is 25.0 Å². The summed E-state index contributed by atoms with van der Waals surface area (Å²) in [7, 11) is -2.00. The van der Waals surface area contributed by atoms with E-state index in [2.05, 4.69) is 10.0 Å². The van der Waals surface area contributed by atoms with Gasteiger partial charge in [-0.2, -0.15) is 0 Å². The van der Waals surface area contributed by atoms with Gasteiger partial charge in [0.05, 0.1) is 19.8 Å². The molecule has 1 aliphatic heterocycles. The zero-order chi connectivity index (χ0) is 15.1. The van der Waals surface area contributed by atoms with Gasteiger partial charge in [0.2, 0.25) is 5.09 Å². The van der Waals surface area contributed by atoms with Gasteiger partial charge in [0, 0.05) is 26.3 Å². The predicted molar refractivity (Wildman–Crippen MR) is 76.5 cm³/mol. The molecular weight excluding hydrogens is 296 g/mol. The molecule has 1 saturated heterocycles. The average Bonchev–Trinajstić information content (AvgIpc) is 2.94. The van der Waals surface area contributed by atoms with E-state index in [1.54, 1.807) is 13.2 Å². The Balaban J connectivity index is 1.89. The van der Waals surface area contributed by atoms with Crippen molar-refractivity contribution >= 4 is 10.0 Å². The van der Waals surface area contributed by atoms with Gasteiger partial charge in [-0.3, -0.25) is 0 Å². The zero-order valence-corrected chi connectivity index (χ0v) is 12.9. The standard InChI is InChI=1S/C13H22N2O5S/c1-18-8-6-14-9-12-4-5-13(20-12)21(16,17)15-11-3-2-7-19-10-11/h4-5,11,14-15H,2-3,6-10H2,1H3. The molecule has 0 saturated carbocycles. The summed E-state index contributed by atoms with van der Waals surface area (Å²) in [6.07, 6.45) is 1.64. The van der Waals surface area contributed by atoms with Crippen molar-refractivity contribution in [2.75, 3.05) is 33.5 Å². The van der Waals surface area contributed by atoms with Crippen molar-refractivity contribution < 1.29 is 22.3 Å². The minimum Gasteiger partial charge on any atom is -0.447 e. The summed E-state index contributed by atoms with van der Waals surface area (Å²) in [5, 5.41) is 3.04. The number of nitrogens with one attached hydrogen (secondary N) is 2. The Morgan fingerprint density at radius 1 is 1.43 bits per heavy atom. The topological polar surface area (TPSA) is 89.8 Å². The molecule has 1 atom stereocenters. The van der Waals surface area contributed by atoms with E-state index in [-0.39, 0.29) is 11.1 Å². The number of ether oxygens (including phenoxy) is 2. The molecule has 1 unspecified atom stereocenters. The molecule has 21 heavy (non-hydrogen) atoms. The summed E-state index contributed by atoms with van der Waals surface area (Å²) >= 11 is 0. The van der Waals surface area contributed by atoms with Gasteiger partial charge < -0.3 is 19.2 Å². The second-order valence-corrected chi connectivity index (χ2v) is 6.57. The van der Waals surface area contributed by atoms with E-state index in [9.17, 15) is 8.42 Å². The molecule has 0 bridgehead atoms. The second-order valence-electron chi connectivity index (χ2n) is 4.93. The van der Waals surface area contributed by atoms with Crippen LogP contribution in [-0.2, 0) is 26.0 Å². The first-order valence-electron chi connectivity index (χ1n) is 7.00. The van der Waals surface area contributed by atoms with E-state index < -0.39 is 10.0 Å². The quantitative estimate of drug-likeness (QED) is 0.677. The smallest absolute Gasteiger partial charge is 0.274 e. The molecule has 2 heterocycles. The lowest BCUT2D eigenvalue weighted by Gasteiger charge is -2.22. The number of methoxy groups -OCH3 is 1. The van der Waals surface area contributed by atoms with Crippen LogP contribution in [0.25, 0.3) is 0 Å². The van der Waals surface area contributed by atoms with E-state index >= 15 is 0 Å². The third-order valence-electron chi connectivity index (χ3n) is 3.17. The molecule has 0 aliphatic carbocycles. The molecule has 2 rings (SSSR count). The molecule has 0 radical (unpaired) electrons. The fourth-order valence-corrected chi connectivity index (χ4v) is 3.30. The van der Waals surface area contributed by atoms with Gasteiger partial charge in [0.15, 0.2) is 0 Å². The molecule has 1 aromatic rings. The van der Waals surface area contributed by atoms with Crippen LogP contribution in [0.3, 0.4) is 0 Å². The SMILES string of the molecule is COCCNCc1ccc(S(=O)(=O)NC2CCCOC2)o1. The third kappa shape index (κ3) is 5.08. The third-order valence-corrected chi connectivity index (χ3v) is 4.56. The van der Waals surface area contributed by atoms with Crippen LogP contribution in [0.2, 0.25) is 0 Å². The molecule has 8 heteroatoms. The van der Waals surface area contributed by atoms with Gasteiger partial charge in [-0.1, -0.05) is 0 Å². The zero-order valence-electron chi connectivity index (χ0n) is 12.1. The molecule has 0 amide bonds. The van der Waals surface area contributed by atoms with Crippen molar-refractivity contribution in [3.05, 3.63) is 17.9 Å². The lowest BCUT2D eigenvalue weighted by atomic mass is 10.1. The second kappa shape index (κ2) is 7.90. The molecule has 7 nitrogen and oxygen atoms in total. The van der Waals surface area contributed by atoms with E-state index in [1.807, 2.05) is 0 Å². The maximum Gasteiger partial charge on any atom is 0.274 e.